The molecule has 8 atom stereocenters. The molecule has 0 aromatic rings. The van der Waals surface area contributed by atoms with Gasteiger partial charge in [0.15, 0.2) is 0 Å². The van der Waals surface area contributed by atoms with E-state index in [1.54, 1.807) is 0 Å². The minimum atomic E-state index is -0.294. The minimum Gasteiger partial charge on any atom is -0.393 e. The SMILES string of the molecule is CC1(C)C(O)CCC2(C)C1CCC1(C)C2CCC2C=CC(O)C21C. The van der Waals surface area contributed by atoms with Crippen molar-refractivity contribution in [3.8, 4) is 0 Å². The van der Waals surface area contributed by atoms with Crippen molar-refractivity contribution in [3.05, 3.63) is 12.2 Å². The molecule has 0 aromatic heterocycles. The van der Waals surface area contributed by atoms with Crippen LogP contribution in [0.3, 0.4) is 0 Å². The molecular formula is C22H36O2. The Hall–Kier alpha value is -0.340. The van der Waals surface area contributed by atoms with Gasteiger partial charge in [0.25, 0.3) is 0 Å². The molecule has 8 unspecified atom stereocenters. The van der Waals surface area contributed by atoms with Crippen molar-refractivity contribution < 1.29 is 10.2 Å². The van der Waals surface area contributed by atoms with Crippen LogP contribution in [0.2, 0.25) is 0 Å². The molecule has 0 saturated heterocycles. The largest absolute Gasteiger partial charge is 0.393 e. The summed E-state index contributed by atoms with van der Waals surface area (Å²) >= 11 is 0. The van der Waals surface area contributed by atoms with Crippen LogP contribution in [0.25, 0.3) is 0 Å². The highest BCUT2D eigenvalue weighted by Gasteiger charge is 2.68. The summed E-state index contributed by atoms with van der Waals surface area (Å²) in [6, 6.07) is 0. The Balaban J connectivity index is 1.78. The molecule has 2 N–H and O–H groups in total. The standard InChI is InChI=1S/C22H36O2/c1-19(2)15-10-13-21(4)16(20(15,3)12-11-17(19)23)8-6-14-7-9-18(24)22(14,21)5/h7,9,14-18,23-24H,6,8,10-13H2,1-5H3. The van der Waals surface area contributed by atoms with Gasteiger partial charge in [-0.15, -0.1) is 0 Å². The maximum absolute atomic E-state index is 10.9. The van der Waals surface area contributed by atoms with E-state index in [4.69, 9.17) is 0 Å². The molecule has 0 aromatic carbocycles. The summed E-state index contributed by atoms with van der Waals surface area (Å²) in [6.45, 7) is 12.0. The summed E-state index contributed by atoms with van der Waals surface area (Å²) in [7, 11) is 0. The van der Waals surface area contributed by atoms with Gasteiger partial charge in [0.1, 0.15) is 0 Å². The van der Waals surface area contributed by atoms with Crippen molar-refractivity contribution >= 4 is 0 Å². The minimum absolute atomic E-state index is 0.00982. The van der Waals surface area contributed by atoms with Crippen LogP contribution in [0.4, 0.5) is 0 Å². The van der Waals surface area contributed by atoms with Gasteiger partial charge >= 0.3 is 0 Å². The van der Waals surface area contributed by atoms with E-state index in [1.165, 1.54) is 25.7 Å². The van der Waals surface area contributed by atoms with Gasteiger partial charge in [-0.3, -0.25) is 0 Å². The number of fused-ring (bicyclic) bond motifs is 5. The Morgan fingerprint density at radius 1 is 0.792 bits per heavy atom. The van der Waals surface area contributed by atoms with Crippen LogP contribution in [0, 0.1) is 39.4 Å². The summed E-state index contributed by atoms with van der Waals surface area (Å²) in [4.78, 5) is 0. The second-order valence-electron chi connectivity index (χ2n) is 10.7. The van der Waals surface area contributed by atoms with Crippen molar-refractivity contribution in [1.29, 1.82) is 0 Å². The van der Waals surface area contributed by atoms with Crippen LogP contribution in [-0.4, -0.2) is 22.4 Å². The molecule has 4 aliphatic rings. The van der Waals surface area contributed by atoms with E-state index in [9.17, 15) is 10.2 Å². The Morgan fingerprint density at radius 3 is 2.21 bits per heavy atom. The normalized spacial score (nSPS) is 58.7. The van der Waals surface area contributed by atoms with E-state index in [2.05, 4.69) is 46.8 Å². The number of aliphatic hydroxyl groups is 2. The highest BCUT2D eigenvalue weighted by atomic mass is 16.3. The fourth-order valence-corrected chi connectivity index (χ4v) is 8.20. The predicted octanol–water partition coefficient (Wildman–Crippen LogP) is 4.55. The molecule has 3 saturated carbocycles. The van der Waals surface area contributed by atoms with Crippen LogP contribution in [-0.2, 0) is 0 Å². The van der Waals surface area contributed by atoms with Gasteiger partial charge < -0.3 is 10.2 Å². The van der Waals surface area contributed by atoms with Gasteiger partial charge in [0, 0.05) is 5.41 Å². The fraction of sp³-hybridized carbons (Fsp3) is 0.909. The summed E-state index contributed by atoms with van der Waals surface area (Å²) in [5, 5.41) is 21.5. The average molecular weight is 333 g/mol. The Kier molecular flexibility index (Phi) is 3.48. The van der Waals surface area contributed by atoms with Crippen molar-refractivity contribution in [2.24, 2.45) is 39.4 Å². The van der Waals surface area contributed by atoms with Crippen LogP contribution in [0.15, 0.2) is 12.2 Å². The monoisotopic (exact) mass is 332 g/mol. The molecule has 0 aliphatic heterocycles. The zero-order chi connectivity index (χ0) is 17.5. The van der Waals surface area contributed by atoms with Crippen molar-refractivity contribution in [2.75, 3.05) is 0 Å². The number of rotatable bonds is 0. The molecule has 2 nitrogen and oxygen atoms in total. The van der Waals surface area contributed by atoms with Crippen LogP contribution < -0.4 is 0 Å². The second kappa shape index (κ2) is 4.88. The van der Waals surface area contributed by atoms with Gasteiger partial charge in [-0.1, -0.05) is 46.8 Å². The highest BCUT2D eigenvalue weighted by molar-refractivity contribution is 5.24. The van der Waals surface area contributed by atoms with E-state index in [-0.39, 0.29) is 28.5 Å². The lowest BCUT2D eigenvalue weighted by atomic mass is 9.35. The van der Waals surface area contributed by atoms with Crippen LogP contribution in [0.5, 0.6) is 0 Å². The Labute approximate surface area is 147 Å². The maximum Gasteiger partial charge on any atom is 0.0785 e. The molecule has 0 spiro atoms. The summed E-state index contributed by atoms with van der Waals surface area (Å²) in [5.41, 5.74) is 0.497. The van der Waals surface area contributed by atoms with Gasteiger partial charge in [0.05, 0.1) is 12.2 Å². The first-order valence-electron chi connectivity index (χ1n) is 10.1. The first-order valence-corrected chi connectivity index (χ1v) is 10.1. The lowest BCUT2D eigenvalue weighted by Crippen LogP contribution is -2.65. The average Bonchev–Trinajstić information content (AvgIpc) is 2.81. The molecule has 3 fully saturated rings. The summed E-state index contributed by atoms with van der Waals surface area (Å²) in [6.07, 6.45) is 10.9. The number of hydrogen-bond donors (Lipinski definition) is 2. The predicted molar refractivity (Wildman–Crippen MR) is 97.4 cm³/mol. The van der Waals surface area contributed by atoms with Crippen molar-refractivity contribution in [1.82, 2.24) is 0 Å². The van der Waals surface area contributed by atoms with Crippen molar-refractivity contribution in [2.45, 2.75) is 85.4 Å². The number of aliphatic hydroxyl groups excluding tert-OH is 2. The third-order valence-corrected chi connectivity index (χ3v) is 9.93. The van der Waals surface area contributed by atoms with Crippen LogP contribution in [0.1, 0.15) is 73.1 Å². The zero-order valence-electron chi connectivity index (χ0n) is 16.2. The zero-order valence-corrected chi connectivity index (χ0v) is 16.2. The van der Waals surface area contributed by atoms with Crippen molar-refractivity contribution in [3.63, 3.8) is 0 Å². The topological polar surface area (TPSA) is 40.5 Å². The quantitative estimate of drug-likeness (QED) is 0.639. The number of hydrogen-bond acceptors (Lipinski definition) is 2. The van der Waals surface area contributed by atoms with E-state index in [0.717, 1.165) is 12.8 Å². The molecule has 136 valence electrons. The Morgan fingerprint density at radius 2 is 1.50 bits per heavy atom. The molecule has 0 amide bonds. The molecule has 0 bridgehead atoms. The fourth-order valence-electron chi connectivity index (χ4n) is 8.20. The first-order chi connectivity index (χ1) is 11.1. The second-order valence-corrected chi connectivity index (χ2v) is 10.7. The lowest BCUT2D eigenvalue weighted by Gasteiger charge is -2.69. The van der Waals surface area contributed by atoms with Gasteiger partial charge in [0.2, 0.25) is 0 Å². The molecule has 0 heterocycles. The summed E-state index contributed by atoms with van der Waals surface area (Å²) < 4.78 is 0. The molecule has 4 aliphatic carbocycles. The van der Waals surface area contributed by atoms with Gasteiger partial charge in [-0.05, 0) is 72.5 Å². The number of allylic oxidation sites excluding steroid dienone is 1. The van der Waals surface area contributed by atoms with E-state index in [0.29, 0.717) is 23.2 Å². The van der Waals surface area contributed by atoms with Gasteiger partial charge in [-0.2, -0.15) is 0 Å². The molecule has 4 rings (SSSR count). The molecular weight excluding hydrogens is 296 g/mol. The smallest absolute Gasteiger partial charge is 0.0785 e. The first kappa shape index (κ1) is 17.1. The Bertz CT molecular complexity index is 566. The van der Waals surface area contributed by atoms with E-state index >= 15 is 0 Å². The summed E-state index contributed by atoms with van der Waals surface area (Å²) in [5.74, 6) is 1.79. The lowest BCUT2D eigenvalue weighted by molar-refractivity contribution is -0.231. The third-order valence-electron chi connectivity index (χ3n) is 9.93. The molecule has 24 heavy (non-hydrogen) atoms. The van der Waals surface area contributed by atoms with E-state index in [1.807, 2.05) is 0 Å². The van der Waals surface area contributed by atoms with Crippen LogP contribution >= 0.6 is 0 Å². The van der Waals surface area contributed by atoms with E-state index < -0.39 is 0 Å². The maximum atomic E-state index is 10.9. The van der Waals surface area contributed by atoms with Gasteiger partial charge in [-0.25, -0.2) is 0 Å². The highest BCUT2D eigenvalue weighted by Crippen LogP contribution is 2.73. The molecule has 0 radical (unpaired) electrons. The third kappa shape index (κ3) is 1.75. The molecule has 2 heteroatoms.